The minimum atomic E-state index is -0.439. The van der Waals surface area contributed by atoms with Crippen LogP contribution >= 0.6 is 11.3 Å². The first kappa shape index (κ1) is 23.8. The van der Waals surface area contributed by atoms with E-state index in [1.165, 1.54) is 23.0 Å². The largest absolute Gasteiger partial charge is 0.508 e. The van der Waals surface area contributed by atoms with Crippen LogP contribution in [0.3, 0.4) is 0 Å². The summed E-state index contributed by atoms with van der Waals surface area (Å²) < 4.78 is 1.44. The van der Waals surface area contributed by atoms with E-state index in [0.717, 1.165) is 17.0 Å². The number of hydrogen-bond donors (Lipinski definition) is 4. The summed E-state index contributed by atoms with van der Waals surface area (Å²) in [6, 6.07) is 24.3. The third-order valence-corrected chi connectivity index (χ3v) is 6.50. The number of anilines is 4. The van der Waals surface area contributed by atoms with Crippen molar-refractivity contribution in [2.24, 2.45) is 0 Å². The zero-order valence-electron chi connectivity index (χ0n) is 19.3. The molecule has 2 aromatic heterocycles. The van der Waals surface area contributed by atoms with E-state index >= 15 is 0 Å². The summed E-state index contributed by atoms with van der Waals surface area (Å²) in [6.07, 6.45) is 1.26. The van der Waals surface area contributed by atoms with Crippen LogP contribution in [0.15, 0.2) is 96.1 Å². The van der Waals surface area contributed by atoms with E-state index in [9.17, 15) is 19.5 Å². The molecular formula is C27H21N5O4S. The van der Waals surface area contributed by atoms with E-state index in [1.807, 2.05) is 48.5 Å². The van der Waals surface area contributed by atoms with Crippen molar-refractivity contribution in [3.05, 3.63) is 107 Å². The number of phenols is 1. The van der Waals surface area contributed by atoms with Gasteiger partial charge in [-0.15, -0.1) is 11.3 Å². The Kier molecular flexibility index (Phi) is 6.64. The number of nitrogens with zero attached hydrogens (tertiary/aromatic N) is 2. The molecule has 5 rings (SSSR count). The van der Waals surface area contributed by atoms with Crippen LogP contribution in [0.1, 0.15) is 10.4 Å². The number of fused-ring (bicyclic) bond motifs is 1. The summed E-state index contributed by atoms with van der Waals surface area (Å²) in [5, 5.41) is 18.6. The van der Waals surface area contributed by atoms with Crippen molar-refractivity contribution in [2.75, 3.05) is 16.0 Å². The van der Waals surface area contributed by atoms with Crippen LogP contribution in [-0.4, -0.2) is 26.5 Å². The Morgan fingerprint density at radius 1 is 0.838 bits per heavy atom. The predicted octanol–water partition coefficient (Wildman–Crippen LogP) is 4.80. The molecule has 0 bridgehead atoms. The number of aromatic hydroxyl groups is 1. The second-order valence-electron chi connectivity index (χ2n) is 8.07. The highest BCUT2D eigenvalue weighted by Gasteiger charge is 2.23. The highest BCUT2D eigenvalue weighted by atomic mass is 32.1. The van der Waals surface area contributed by atoms with Gasteiger partial charge in [0.05, 0.1) is 6.33 Å². The fourth-order valence-electron chi connectivity index (χ4n) is 3.68. The Morgan fingerprint density at radius 3 is 2.14 bits per heavy atom. The molecule has 0 unspecified atom stereocenters. The molecule has 0 radical (unpaired) electrons. The molecule has 0 saturated carbocycles. The number of para-hydroxylation sites is 2. The van der Waals surface area contributed by atoms with Gasteiger partial charge in [-0.1, -0.05) is 36.4 Å². The molecular weight excluding hydrogens is 490 g/mol. The van der Waals surface area contributed by atoms with Crippen molar-refractivity contribution < 1.29 is 14.7 Å². The average molecular weight is 512 g/mol. The maximum atomic E-state index is 13.3. The van der Waals surface area contributed by atoms with Gasteiger partial charge < -0.3 is 21.1 Å². The molecule has 5 aromatic rings. The summed E-state index contributed by atoms with van der Waals surface area (Å²) in [6.45, 7) is -0.270. The Labute approximate surface area is 215 Å². The fraction of sp³-hybridized carbons (Fsp3) is 0.0370. The van der Waals surface area contributed by atoms with Crippen molar-refractivity contribution in [3.63, 3.8) is 0 Å². The Balaban J connectivity index is 1.49. The van der Waals surface area contributed by atoms with Gasteiger partial charge in [-0.3, -0.25) is 19.0 Å². The van der Waals surface area contributed by atoms with Crippen LogP contribution in [0, 0.1) is 0 Å². The number of phenolic OH excluding ortho intramolecular Hbond substituents is 1. The molecule has 0 spiro atoms. The Morgan fingerprint density at radius 2 is 1.46 bits per heavy atom. The number of carbonyl (C=O) groups is 2. The number of hydrogen-bond acceptors (Lipinski definition) is 7. The van der Waals surface area contributed by atoms with Gasteiger partial charge in [-0.05, 0) is 48.5 Å². The number of aromatic nitrogens is 2. The lowest BCUT2D eigenvalue weighted by Crippen LogP contribution is -2.27. The van der Waals surface area contributed by atoms with Crippen molar-refractivity contribution in [2.45, 2.75) is 6.54 Å². The molecule has 0 saturated heterocycles. The molecule has 4 N–H and O–H groups in total. The van der Waals surface area contributed by atoms with Crippen LogP contribution in [0.5, 0.6) is 5.75 Å². The molecule has 2 heterocycles. The molecule has 10 heteroatoms. The highest BCUT2D eigenvalue weighted by molar-refractivity contribution is 7.23. The van der Waals surface area contributed by atoms with Gasteiger partial charge in [0.2, 0.25) is 5.91 Å². The maximum Gasteiger partial charge on any atom is 0.271 e. The zero-order chi connectivity index (χ0) is 25.8. The van der Waals surface area contributed by atoms with Crippen LogP contribution in [0.2, 0.25) is 0 Å². The average Bonchev–Trinajstić information content (AvgIpc) is 3.27. The first-order chi connectivity index (χ1) is 18.0. The van der Waals surface area contributed by atoms with Crippen molar-refractivity contribution in [3.8, 4) is 5.75 Å². The number of thiophene rings is 1. The maximum absolute atomic E-state index is 13.3. The van der Waals surface area contributed by atoms with Gasteiger partial charge in [0.1, 0.15) is 33.1 Å². The van der Waals surface area contributed by atoms with Gasteiger partial charge in [0, 0.05) is 17.1 Å². The summed E-state index contributed by atoms with van der Waals surface area (Å²) >= 11 is 1.10. The van der Waals surface area contributed by atoms with Crippen LogP contribution < -0.4 is 21.5 Å². The molecule has 0 aliphatic heterocycles. The Bertz CT molecular complexity index is 1630. The predicted molar refractivity (Wildman–Crippen MR) is 145 cm³/mol. The molecule has 3 aromatic carbocycles. The summed E-state index contributed by atoms with van der Waals surface area (Å²) in [4.78, 5) is 43.6. The smallest absolute Gasteiger partial charge is 0.271 e. The molecule has 2 amide bonds. The number of amides is 2. The van der Waals surface area contributed by atoms with Crippen molar-refractivity contribution in [1.29, 1.82) is 0 Å². The molecule has 0 fully saturated rings. The van der Waals surface area contributed by atoms with Gasteiger partial charge in [0.15, 0.2) is 0 Å². The minimum absolute atomic E-state index is 0.0774. The van der Waals surface area contributed by atoms with E-state index in [0.29, 0.717) is 16.4 Å². The van der Waals surface area contributed by atoms with Crippen molar-refractivity contribution in [1.82, 2.24) is 9.55 Å². The molecule has 0 aliphatic rings. The molecule has 9 nitrogen and oxygen atoms in total. The molecule has 37 heavy (non-hydrogen) atoms. The van der Waals surface area contributed by atoms with E-state index in [4.69, 9.17) is 0 Å². The number of benzene rings is 3. The summed E-state index contributed by atoms with van der Waals surface area (Å²) in [5.41, 5.74) is 1.89. The molecule has 184 valence electrons. The Hall–Kier alpha value is -4.96. The fourth-order valence-corrected chi connectivity index (χ4v) is 4.80. The van der Waals surface area contributed by atoms with E-state index in [-0.39, 0.29) is 28.1 Å². The van der Waals surface area contributed by atoms with Gasteiger partial charge in [0.25, 0.3) is 11.5 Å². The standard InChI is InChI=1S/C27H21N5O4S/c33-20-13-11-19(12-14-20)29-21(34)15-32-16-28-23-22(25(35)30-17-7-3-1-4-8-17)26(37-24(23)27(32)36)31-18-9-5-2-6-10-18/h1-14,16,31,33H,15H2,(H,29,34)(H,30,35). The number of nitrogens with one attached hydrogen (secondary N) is 3. The summed E-state index contributed by atoms with van der Waals surface area (Å²) in [7, 11) is 0. The quantitative estimate of drug-likeness (QED) is 0.233. The SMILES string of the molecule is O=C(Cn1cnc2c(C(=O)Nc3ccccc3)c(Nc3ccccc3)sc2c1=O)Nc1ccc(O)cc1. The first-order valence-corrected chi connectivity index (χ1v) is 12.1. The van der Waals surface area contributed by atoms with Crippen LogP contribution in [0.4, 0.5) is 22.1 Å². The first-order valence-electron chi connectivity index (χ1n) is 11.3. The normalized spacial score (nSPS) is 10.7. The van der Waals surface area contributed by atoms with Crippen LogP contribution in [0.25, 0.3) is 10.2 Å². The second kappa shape index (κ2) is 10.3. The van der Waals surface area contributed by atoms with Crippen molar-refractivity contribution >= 4 is 55.4 Å². The van der Waals surface area contributed by atoms with E-state index in [2.05, 4.69) is 20.9 Å². The third kappa shape index (κ3) is 5.34. The second-order valence-corrected chi connectivity index (χ2v) is 9.09. The van der Waals surface area contributed by atoms with Gasteiger partial charge >= 0.3 is 0 Å². The zero-order valence-corrected chi connectivity index (χ0v) is 20.2. The monoisotopic (exact) mass is 511 g/mol. The highest BCUT2D eigenvalue weighted by Crippen LogP contribution is 2.35. The summed E-state index contributed by atoms with van der Waals surface area (Å²) in [5.74, 6) is -0.769. The lowest BCUT2D eigenvalue weighted by molar-refractivity contribution is -0.116. The lowest BCUT2D eigenvalue weighted by atomic mass is 10.2. The third-order valence-electron chi connectivity index (χ3n) is 5.42. The number of rotatable bonds is 7. The molecule has 0 aliphatic carbocycles. The lowest BCUT2D eigenvalue weighted by Gasteiger charge is -2.09. The van der Waals surface area contributed by atoms with E-state index in [1.54, 1.807) is 24.3 Å². The minimum Gasteiger partial charge on any atom is -0.508 e. The topological polar surface area (TPSA) is 125 Å². The van der Waals surface area contributed by atoms with Gasteiger partial charge in [-0.2, -0.15) is 0 Å². The molecule has 0 atom stereocenters. The van der Waals surface area contributed by atoms with Crippen LogP contribution in [-0.2, 0) is 11.3 Å². The van der Waals surface area contributed by atoms with Gasteiger partial charge in [-0.25, -0.2) is 4.98 Å². The van der Waals surface area contributed by atoms with E-state index < -0.39 is 17.4 Å². The number of carbonyl (C=O) groups excluding carboxylic acids is 2.